The molecule has 1 fully saturated rings. The monoisotopic (exact) mass is 261 g/mol. The molecule has 0 radical (unpaired) electrons. The molecule has 106 valence electrons. The lowest BCUT2D eigenvalue weighted by Crippen LogP contribution is -2.37. The van der Waals surface area contributed by atoms with Crippen molar-refractivity contribution in [3.63, 3.8) is 0 Å². The topological polar surface area (TPSA) is 21.3 Å². The summed E-state index contributed by atoms with van der Waals surface area (Å²) in [6.45, 7) is 8.36. The number of rotatable bonds is 8. The average molecular weight is 261 g/mol. The molecule has 1 saturated carbocycles. The Bertz CT molecular complexity index is 363. The van der Waals surface area contributed by atoms with Crippen molar-refractivity contribution in [3.8, 4) is 0 Å². The Morgan fingerprint density at radius 2 is 2.00 bits per heavy atom. The average Bonchev–Trinajstić information content (AvgIpc) is 3.20. The highest BCUT2D eigenvalue weighted by Gasteiger charge is 2.43. The van der Waals surface area contributed by atoms with Gasteiger partial charge in [-0.3, -0.25) is 0 Å². The third-order valence-electron chi connectivity index (χ3n) is 3.85. The third-order valence-corrected chi connectivity index (χ3v) is 3.85. The van der Waals surface area contributed by atoms with Gasteiger partial charge in [0.1, 0.15) is 0 Å². The lowest BCUT2D eigenvalue weighted by Gasteiger charge is -2.20. The van der Waals surface area contributed by atoms with Gasteiger partial charge in [-0.2, -0.15) is 0 Å². The van der Waals surface area contributed by atoms with Crippen molar-refractivity contribution in [1.29, 1.82) is 0 Å². The van der Waals surface area contributed by atoms with Gasteiger partial charge in [-0.15, -0.1) is 0 Å². The minimum absolute atomic E-state index is 0.319. The predicted octanol–water partition coefficient (Wildman–Crippen LogP) is 3.58. The van der Waals surface area contributed by atoms with Gasteiger partial charge in [0.2, 0.25) is 0 Å². The second kappa shape index (κ2) is 7.06. The second-order valence-corrected chi connectivity index (χ2v) is 5.86. The minimum Gasteiger partial charge on any atom is -0.377 e. The Morgan fingerprint density at radius 3 is 2.63 bits per heavy atom. The lowest BCUT2D eigenvalue weighted by molar-refractivity contribution is 0.0565. The van der Waals surface area contributed by atoms with E-state index in [1.807, 2.05) is 0 Å². The van der Waals surface area contributed by atoms with E-state index in [1.54, 1.807) is 0 Å². The number of hydrogen-bond donors (Lipinski definition) is 1. The van der Waals surface area contributed by atoms with Crippen molar-refractivity contribution >= 4 is 0 Å². The summed E-state index contributed by atoms with van der Waals surface area (Å²) in [5.41, 5.74) is 1.49. The first-order valence-electron chi connectivity index (χ1n) is 7.62. The zero-order valence-corrected chi connectivity index (χ0v) is 12.4. The molecule has 19 heavy (non-hydrogen) atoms. The fourth-order valence-corrected chi connectivity index (χ4v) is 2.70. The smallest absolute Gasteiger partial charge is 0.0626 e. The molecule has 1 aromatic rings. The van der Waals surface area contributed by atoms with E-state index in [0.29, 0.717) is 12.1 Å². The quantitative estimate of drug-likeness (QED) is 0.772. The van der Waals surface area contributed by atoms with Crippen LogP contribution in [0.5, 0.6) is 0 Å². The molecule has 0 spiro atoms. The molecule has 0 saturated heterocycles. The molecule has 0 heterocycles. The van der Waals surface area contributed by atoms with Gasteiger partial charge in [0, 0.05) is 6.04 Å². The highest BCUT2D eigenvalue weighted by atomic mass is 16.5. The van der Waals surface area contributed by atoms with Crippen LogP contribution in [0.25, 0.3) is 0 Å². The van der Waals surface area contributed by atoms with Crippen LogP contribution in [0, 0.1) is 5.92 Å². The van der Waals surface area contributed by atoms with Gasteiger partial charge >= 0.3 is 0 Å². The van der Waals surface area contributed by atoms with Crippen molar-refractivity contribution in [2.45, 2.75) is 51.7 Å². The summed E-state index contributed by atoms with van der Waals surface area (Å²) in [7, 11) is 0. The number of ether oxygens (including phenoxy) is 1. The molecule has 1 aliphatic carbocycles. The third kappa shape index (κ3) is 4.32. The Kier molecular flexibility index (Phi) is 5.41. The Hall–Kier alpha value is -0.860. The Balaban J connectivity index is 1.89. The predicted molar refractivity (Wildman–Crippen MR) is 80.5 cm³/mol. The first-order chi connectivity index (χ1) is 9.22. The van der Waals surface area contributed by atoms with Crippen molar-refractivity contribution in [1.82, 2.24) is 5.32 Å². The normalized spacial score (nSPS) is 23.6. The molecule has 2 nitrogen and oxygen atoms in total. The van der Waals surface area contributed by atoms with Gasteiger partial charge < -0.3 is 10.1 Å². The SMILES string of the molecule is CCCNC(COC(C)C)C1CC1c1ccccc1. The van der Waals surface area contributed by atoms with E-state index < -0.39 is 0 Å². The van der Waals surface area contributed by atoms with Gasteiger partial charge in [-0.1, -0.05) is 37.3 Å². The van der Waals surface area contributed by atoms with E-state index in [9.17, 15) is 0 Å². The summed E-state index contributed by atoms with van der Waals surface area (Å²) < 4.78 is 5.82. The Labute approximate surface area is 117 Å². The fraction of sp³-hybridized carbons (Fsp3) is 0.647. The summed E-state index contributed by atoms with van der Waals surface area (Å²) in [4.78, 5) is 0. The van der Waals surface area contributed by atoms with Gasteiger partial charge in [0.25, 0.3) is 0 Å². The van der Waals surface area contributed by atoms with Crippen LogP contribution in [-0.4, -0.2) is 25.3 Å². The summed E-state index contributed by atoms with van der Waals surface area (Å²) in [6, 6.07) is 11.4. The van der Waals surface area contributed by atoms with Crippen LogP contribution in [-0.2, 0) is 4.74 Å². The van der Waals surface area contributed by atoms with Crippen LogP contribution in [0.3, 0.4) is 0 Å². The van der Waals surface area contributed by atoms with Crippen LogP contribution in [0.15, 0.2) is 30.3 Å². The first kappa shape index (κ1) is 14.5. The van der Waals surface area contributed by atoms with Gasteiger partial charge in [-0.25, -0.2) is 0 Å². The van der Waals surface area contributed by atoms with Crippen molar-refractivity contribution in [2.75, 3.05) is 13.2 Å². The maximum atomic E-state index is 5.82. The van der Waals surface area contributed by atoms with E-state index in [0.717, 1.165) is 25.0 Å². The number of nitrogens with one attached hydrogen (secondary N) is 1. The summed E-state index contributed by atoms with van der Waals surface area (Å²) in [5, 5.41) is 3.66. The number of hydrogen-bond acceptors (Lipinski definition) is 2. The maximum Gasteiger partial charge on any atom is 0.0626 e. The molecular formula is C17H27NO. The molecule has 1 aliphatic rings. The van der Waals surface area contributed by atoms with E-state index in [-0.39, 0.29) is 0 Å². The van der Waals surface area contributed by atoms with Gasteiger partial charge in [0.05, 0.1) is 12.7 Å². The molecule has 0 aliphatic heterocycles. The summed E-state index contributed by atoms with van der Waals surface area (Å²) in [6.07, 6.45) is 2.80. The summed E-state index contributed by atoms with van der Waals surface area (Å²) in [5.74, 6) is 1.47. The van der Waals surface area contributed by atoms with Crippen molar-refractivity contribution < 1.29 is 4.74 Å². The molecule has 0 aromatic heterocycles. The molecule has 1 N–H and O–H groups in total. The Morgan fingerprint density at radius 1 is 1.26 bits per heavy atom. The van der Waals surface area contributed by atoms with Crippen LogP contribution >= 0.6 is 0 Å². The largest absolute Gasteiger partial charge is 0.377 e. The molecular weight excluding hydrogens is 234 g/mol. The first-order valence-corrected chi connectivity index (χ1v) is 7.62. The van der Waals surface area contributed by atoms with Gasteiger partial charge in [-0.05, 0) is 50.6 Å². The van der Waals surface area contributed by atoms with E-state index in [1.165, 1.54) is 18.4 Å². The molecule has 2 rings (SSSR count). The fourth-order valence-electron chi connectivity index (χ4n) is 2.70. The van der Waals surface area contributed by atoms with E-state index >= 15 is 0 Å². The van der Waals surface area contributed by atoms with Gasteiger partial charge in [0.15, 0.2) is 0 Å². The van der Waals surface area contributed by atoms with Crippen molar-refractivity contribution in [3.05, 3.63) is 35.9 Å². The molecule has 2 heteroatoms. The highest BCUT2D eigenvalue weighted by molar-refractivity contribution is 5.26. The van der Waals surface area contributed by atoms with Crippen LogP contribution in [0.2, 0.25) is 0 Å². The minimum atomic E-state index is 0.319. The molecule has 1 aromatic carbocycles. The maximum absolute atomic E-state index is 5.82. The summed E-state index contributed by atoms with van der Waals surface area (Å²) >= 11 is 0. The second-order valence-electron chi connectivity index (χ2n) is 5.86. The van der Waals surface area contributed by atoms with Crippen LogP contribution < -0.4 is 5.32 Å². The van der Waals surface area contributed by atoms with E-state index in [4.69, 9.17) is 4.74 Å². The van der Waals surface area contributed by atoms with E-state index in [2.05, 4.69) is 56.4 Å². The molecule has 3 unspecified atom stereocenters. The molecule has 3 atom stereocenters. The lowest BCUT2D eigenvalue weighted by atomic mass is 10.1. The molecule has 0 amide bonds. The molecule has 0 bridgehead atoms. The van der Waals surface area contributed by atoms with Crippen LogP contribution in [0.1, 0.15) is 45.1 Å². The zero-order valence-electron chi connectivity index (χ0n) is 12.4. The van der Waals surface area contributed by atoms with Crippen LogP contribution in [0.4, 0.5) is 0 Å². The van der Waals surface area contributed by atoms with Crippen molar-refractivity contribution in [2.24, 2.45) is 5.92 Å². The standard InChI is InChI=1S/C17H27NO/c1-4-10-18-17(12-19-13(2)3)16-11-15(16)14-8-6-5-7-9-14/h5-9,13,15-18H,4,10-12H2,1-3H3. The highest BCUT2D eigenvalue weighted by Crippen LogP contribution is 2.49. The number of benzene rings is 1. The zero-order chi connectivity index (χ0) is 13.7.